The van der Waals surface area contributed by atoms with Gasteiger partial charge in [0.1, 0.15) is 11.6 Å². The van der Waals surface area contributed by atoms with E-state index in [9.17, 15) is 17.6 Å². The van der Waals surface area contributed by atoms with Crippen LogP contribution in [0.5, 0.6) is 0 Å². The molecule has 20 heavy (non-hydrogen) atoms. The van der Waals surface area contributed by atoms with Gasteiger partial charge in [-0.2, -0.15) is 0 Å². The van der Waals surface area contributed by atoms with Crippen molar-refractivity contribution < 1.29 is 17.6 Å². The van der Waals surface area contributed by atoms with Gasteiger partial charge < -0.3 is 5.32 Å². The number of hydrogen-bond donors (Lipinski definition) is 1. The van der Waals surface area contributed by atoms with Crippen molar-refractivity contribution in [2.24, 2.45) is 0 Å². The molecule has 1 aromatic rings. The monoisotopic (exact) mass is 319 g/mol. The van der Waals surface area contributed by atoms with Crippen molar-refractivity contribution >= 4 is 27.2 Å². The second-order valence-corrected chi connectivity index (χ2v) is 7.56. The lowest BCUT2D eigenvalue weighted by Gasteiger charge is -2.23. The minimum absolute atomic E-state index is 0.0180. The molecular weight excluding hydrogens is 305 g/mol. The van der Waals surface area contributed by atoms with E-state index in [2.05, 4.69) is 5.32 Å². The summed E-state index contributed by atoms with van der Waals surface area (Å²) in [6, 6.07) is 3.53. The molecule has 0 radical (unpaired) electrons. The maximum Gasteiger partial charge on any atom is 0.153 e. The third kappa shape index (κ3) is 4.26. The minimum Gasteiger partial charge on any atom is -0.312 e. The van der Waals surface area contributed by atoms with Crippen LogP contribution in [0.15, 0.2) is 18.2 Å². The molecule has 1 atom stereocenters. The van der Waals surface area contributed by atoms with E-state index in [-0.39, 0.29) is 41.2 Å². The van der Waals surface area contributed by atoms with E-state index in [0.29, 0.717) is 12.1 Å². The Morgan fingerprint density at radius 1 is 1.45 bits per heavy atom. The molecule has 0 amide bonds. The highest BCUT2D eigenvalue weighted by Gasteiger charge is 2.26. The van der Waals surface area contributed by atoms with Crippen LogP contribution in [0.4, 0.5) is 4.39 Å². The number of benzene rings is 1. The lowest BCUT2D eigenvalue weighted by Crippen LogP contribution is -2.46. The Kier molecular flexibility index (Phi) is 4.78. The summed E-state index contributed by atoms with van der Waals surface area (Å²) in [6.45, 7) is 0.373. The molecule has 0 spiro atoms. The highest BCUT2D eigenvalue weighted by molar-refractivity contribution is 7.91. The lowest BCUT2D eigenvalue weighted by molar-refractivity contribution is -0.118. The first-order valence-electron chi connectivity index (χ1n) is 6.25. The molecule has 1 heterocycles. The summed E-state index contributed by atoms with van der Waals surface area (Å²) in [7, 11) is -3.05. The molecule has 1 saturated heterocycles. The van der Waals surface area contributed by atoms with Gasteiger partial charge in [-0.25, -0.2) is 12.8 Å². The average molecular weight is 320 g/mol. The highest BCUT2D eigenvalue weighted by atomic mass is 35.5. The van der Waals surface area contributed by atoms with Crippen LogP contribution in [0.25, 0.3) is 0 Å². The van der Waals surface area contributed by atoms with Gasteiger partial charge in [-0.15, -0.1) is 0 Å². The van der Waals surface area contributed by atoms with Crippen LogP contribution < -0.4 is 5.32 Å². The van der Waals surface area contributed by atoms with Crippen molar-refractivity contribution in [1.82, 2.24) is 5.32 Å². The van der Waals surface area contributed by atoms with Gasteiger partial charge in [0.25, 0.3) is 0 Å². The summed E-state index contributed by atoms with van der Waals surface area (Å²) in [4.78, 5) is 11.9. The number of Topliss-reactive ketones (excluding diaryl/α,β-unsaturated/α-hetero) is 1. The number of nitrogens with one attached hydrogen (secondary N) is 1. The predicted molar refractivity (Wildman–Crippen MR) is 75.2 cm³/mol. The van der Waals surface area contributed by atoms with Crippen LogP contribution >= 0.6 is 11.6 Å². The van der Waals surface area contributed by atoms with Crippen molar-refractivity contribution in [2.45, 2.75) is 18.9 Å². The van der Waals surface area contributed by atoms with Crippen LogP contribution in [0, 0.1) is 5.82 Å². The fourth-order valence-electron chi connectivity index (χ4n) is 2.22. The smallest absolute Gasteiger partial charge is 0.153 e. The summed E-state index contributed by atoms with van der Waals surface area (Å²) in [5, 5.41) is 3.23. The van der Waals surface area contributed by atoms with Crippen LogP contribution in [0.1, 0.15) is 12.0 Å². The number of carbonyl (C=O) groups excluding carboxylic acids is 1. The first kappa shape index (κ1) is 15.4. The topological polar surface area (TPSA) is 63.2 Å². The molecule has 0 bridgehead atoms. The Bertz CT molecular complexity index is 618. The van der Waals surface area contributed by atoms with Crippen molar-refractivity contribution in [1.29, 1.82) is 0 Å². The van der Waals surface area contributed by atoms with E-state index in [4.69, 9.17) is 11.6 Å². The largest absolute Gasteiger partial charge is 0.312 e. The van der Waals surface area contributed by atoms with Crippen molar-refractivity contribution in [3.05, 3.63) is 34.6 Å². The van der Waals surface area contributed by atoms with Crippen molar-refractivity contribution in [2.75, 3.05) is 18.1 Å². The highest BCUT2D eigenvalue weighted by Crippen LogP contribution is 2.19. The molecule has 4 nitrogen and oxygen atoms in total. The summed E-state index contributed by atoms with van der Waals surface area (Å²) in [6.07, 6.45) is 0.213. The van der Waals surface area contributed by atoms with Crippen molar-refractivity contribution in [3.63, 3.8) is 0 Å². The second kappa shape index (κ2) is 6.20. The zero-order valence-corrected chi connectivity index (χ0v) is 12.3. The van der Waals surface area contributed by atoms with Gasteiger partial charge in [0.15, 0.2) is 9.84 Å². The Hall–Kier alpha value is -0.980. The van der Waals surface area contributed by atoms with Gasteiger partial charge in [-0.3, -0.25) is 4.79 Å². The normalized spacial score (nSPS) is 21.6. The summed E-state index contributed by atoms with van der Waals surface area (Å²) in [5.41, 5.74) is 0.553. The van der Waals surface area contributed by atoms with Crippen LogP contribution in [0.2, 0.25) is 5.02 Å². The van der Waals surface area contributed by atoms with Gasteiger partial charge in [-0.1, -0.05) is 17.7 Å². The molecule has 110 valence electrons. The standard InChI is InChI=1S/C13H15ClFNO3S/c14-13-6-10(15)2-1-9(13)5-12(17)7-11-8-20(18,19)4-3-16-11/h1-2,6,11,16H,3-5,7-8H2. The average Bonchev–Trinajstić information content (AvgIpc) is 2.31. The first-order chi connectivity index (χ1) is 9.35. The van der Waals surface area contributed by atoms with Crippen LogP contribution in [-0.4, -0.2) is 38.3 Å². The predicted octanol–water partition coefficient (Wildman–Crippen LogP) is 1.37. The molecule has 0 saturated carbocycles. The maximum absolute atomic E-state index is 12.9. The zero-order chi connectivity index (χ0) is 14.8. The van der Waals surface area contributed by atoms with E-state index in [1.54, 1.807) is 0 Å². The van der Waals surface area contributed by atoms with E-state index in [1.807, 2.05) is 0 Å². The Morgan fingerprint density at radius 3 is 2.85 bits per heavy atom. The molecule has 1 aliphatic rings. The van der Waals surface area contributed by atoms with E-state index in [0.717, 1.165) is 6.07 Å². The van der Waals surface area contributed by atoms with Crippen LogP contribution in [0.3, 0.4) is 0 Å². The molecule has 7 heteroatoms. The number of ketones is 1. The van der Waals surface area contributed by atoms with Gasteiger partial charge in [0, 0.05) is 30.5 Å². The molecule has 1 unspecified atom stereocenters. The van der Waals surface area contributed by atoms with Crippen LogP contribution in [-0.2, 0) is 21.1 Å². The number of carbonyl (C=O) groups is 1. The first-order valence-corrected chi connectivity index (χ1v) is 8.45. The minimum atomic E-state index is -3.05. The van der Waals surface area contributed by atoms with Gasteiger partial charge in [0.2, 0.25) is 0 Å². The van der Waals surface area contributed by atoms with Gasteiger partial charge in [0.05, 0.1) is 11.5 Å². The molecular formula is C13H15ClFNO3S. The number of sulfone groups is 1. The third-order valence-electron chi connectivity index (χ3n) is 3.18. The maximum atomic E-state index is 12.9. The fraction of sp³-hybridized carbons (Fsp3) is 0.462. The van der Waals surface area contributed by atoms with Crippen molar-refractivity contribution in [3.8, 4) is 0 Å². The van der Waals surface area contributed by atoms with E-state index < -0.39 is 15.7 Å². The molecule has 1 fully saturated rings. The Labute approximate surface area is 122 Å². The summed E-state index contributed by atoms with van der Waals surface area (Å²) < 4.78 is 35.9. The second-order valence-electron chi connectivity index (χ2n) is 4.92. The molecule has 1 aliphatic heterocycles. The fourth-order valence-corrected chi connectivity index (χ4v) is 3.90. The molecule has 0 aromatic heterocycles. The Morgan fingerprint density at radius 2 is 2.20 bits per heavy atom. The lowest BCUT2D eigenvalue weighted by atomic mass is 10.0. The Balaban J connectivity index is 1.95. The number of rotatable bonds is 4. The SMILES string of the molecule is O=C(Cc1ccc(F)cc1Cl)CC1CS(=O)(=O)CCN1. The van der Waals surface area contributed by atoms with Gasteiger partial charge in [-0.05, 0) is 17.7 Å². The quantitative estimate of drug-likeness (QED) is 0.910. The summed E-state index contributed by atoms with van der Waals surface area (Å²) in [5.74, 6) is -0.475. The summed E-state index contributed by atoms with van der Waals surface area (Å²) >= 11 is 5.86. The molecule has 1 N–H and O–H groups in total. The number of halogens is 2. The molecule has 2 rings (SSSR count). The molecule has 1 aromatic carbocycles. The third-order valence-corrected chi connectivity index (χ3v) is 5.27. The number of hydrogen-bond acceptors (Lipinski definition) is 4. The van der Waals surface area contributed by atoms with E-state index in [1.165, 1.54) is 12.1 Å². The zero-order valence-electron chi connectivity index (χ0n) is 10.7. The van der Waals surface area contributed by atoms with E-state index >= 15 is 0 Å². The molecule has 0 aliphatic carbocycles. The van der Waals surface area contributed by atoms with Gasteiger partial charge >= 0.3 is 0 Å².